The van der Waals surface area contributed by atoms with Gasteiger partial charge in [-0.1, -0.05) is 46.0 Å². The van der Waals surface area contributed by atoms with Gasteiger partial charge in [0.1, 0.15) is 0 Å². The molecule has 0 aliphatic heterocycles. The fourth-order valence-corrected chi connectivity index (χ4v) is 3.27. The van der Waals surface area contributed by atoms with Gasteiger partial charge in [-0.15, -0.1) is 5.10 Å². The van der Waals surface area contributed by atoms with Crippen molar-refractivity contribution < 1.29 is 9.90 Å². The Morgan fingerprint density at radius 1 is 1.29 bits per heavy atom. The van der Waals surface area contributed by atoms with Gasteiger partial charge >= 0.3 is 5.97 Å². The van der Waals surface area contributed by atoms with Crippen molar-refractivity contribution >= 4 is 5.97 Å². The normalized spacial score (nSPS) is 17.0. The zero-order valence-electron chi connectivity index (χ0n) is 13.1. The van der Waals surface area contributed by atoms with E-state index in [9.17, 15) is 9.90 Å². The average molecular weight is 294 g/mol. The van der Waals surface area contributed by atoms with Crippen LogP contribution < -0.4 is 0 Å². The quantitative estimate of drug-likeness (QED) is 0.836. The number of carbonyl (C=O) groups is 1. The van der Waals surface area contributed by atoms with Gasteiger partial charge in [0.25, 0.3) is 0 Å². The highest BCUT2D eigenvalue weighted by Gasteiger charge is 2.36. The van der Waals surface area contributed by atoms with Crippen molar-refractivity contribution in [2.45, 2.75) is 71.8 Å². The molecule has 1 aromatic rings. The predicted octanol–water partition coefficient (Wildman–Crippen LogP) is 2.69. The number of tetrazole rings is 1. The van der Waals surface area contributed by atoms with Gasteiger partial charge in [-0.05, 0) is 29.2 Å². The highest BCUT2D eigenvalue weighted by atomic mass is 16.4. The lowest BCUT2D eigenvalue weighted by molar-refractivity contribution is -0.150. The van der Waals surface area contributed by atoms with E-state index in [-0.39, 0.29) is 0 Å². The summed E-state index contributed by atoms with van der Waals surface area (Å²) >= 11 is 0. The van der Waals surface area contributed by atoms with Gasteiger partial charge in [-0.25, -0.2) is 4.68 Å². The molecule has 21 heavy (non-hydrogen) atoms. The van der Waals surface area contributed by atoms with E-state index in [0.29, 0.717) is 25.3 Å². The second-order valence-corrected chi connectivity index (χ2v) is 6.25. The van der Waals surface area contributed by atoms with Crippen molar-refractivity contribution in [1.29, 1.82) is 0 Å². The molecule has 1 heterocycles. The van der Waals surface area contributed by atoms with E-state index < -0.39 is 11.4 Å². The molecule has 1 fully saturated rings. The molecule has 0 amide bonds. The third-order valence-corrected chi connectivity index (χ3v) is 5.06. The number of aromatic nitrogens is 4. The summed E-state index contributed by atoms with van der Waals surface area (Å²) in [4.78, 5) is 11.6. The molecular formula is C15H26N4O2. The third-order valence-electron chi connectivity index (χ3n) is 5.06. The maximum atomic E-state index is 11.6. The maximum Gasteiger partial charge on any atom is 0.311 e. The van der Waals surface area contributed by atoms with Crippen molar-refractivity contribution in [3.8, 4) is 0 Å². The van der Waals surface area contributed by atoms with Gasteiger partial charge in [-0.2, -0.15) is 0 Å². The second kappa shape index (κ2) is 7.00. The van der Waals surface area contributed by atoms with Crippen LogP contribution in [-0.2, 0) is 17.8 Å². The van der Waals surface area contributed by atoms with Crippen LogP contribution in [0, 0.1) is 11.3 Å². The van der Waals surface area contributed by atoms with Crippen LogP contribution in [0.25, 0.3) is 0 Å². The van der Waals surface area contributed by atoms with Crippen molar-refractivity contribution in [1.82, 2.24) is 20.2 Å². The largest absolute Gasteiger partial charge is 0.481 e. The Morgan fingerprint density at radius 2 is 1.95 bits per heavy atom. The number of hydrogen-bond donors (Lipinski definition) is 1. The first-order valence-electron chi connectivity index (χ1n) is 8.09. The average Bonchev–Trinajstić information content (AvgIpc) is 2.92. The molecule has 1 aliphatic carbocycles. The van der Waals surface area contributed by atoms with Crippen LogP contribution in [0.15, 0.2) is 0 Å². The monoisotopic (exact) mass is 294 g/mol. The van der Waals surface area contributed by atoms with Crippen LogP contribution in [0.5, 0.6) is 0 Å². The molecule has 6 heteroatoms. The van der Waals surface area contributed by atoms with Gasteiger partial charge in [0, 0.05) is 6.42 Å². The number of rotatable bonds is 7. The molecule has 0 unspecified atom stereocenters. The second-order valence-electron chi connectivity index (χ2n) is 6.25. The van der Waals surface area contributed by atoms with Crippen LogP contribution in [0.1, 0.15) is 64.6 Å². The Morgan fingerprint density at radius 3 is 2.52 bits per heavy atom. The zero-order chi connectivity index (χ0) is 15.3. The zero-order valence-corrected chi connectivity index (χ0v) is 13.1. The molecule has 1 aliphatic rings. The minimum atomic E-state index is -0.767. The van der Waals surface area contributed by atoms with Gasteiger partial charge in [0.2, 0.25) is 0 Å². The minimum Gasteiger partial charge on any atom is -0.481 e. The van der Waals surface area contributed by atoms with E-state index in [4.69, 9.17) is 0 Å². The fraction of sp³-hybridized carbons (Fsp3) is 0.867. The first kappa shape index (κ1) is 15.9. The number of aliphatic carboxylic acids is 1. The molecule has 1 aromatic heterocycles. The summed E-state index contributed by atoms with van der Waals surface area (Å²) in [6, 6.07) is 0. The topological polar surface area (TPSA) is 80.9 Å². The van der Waals surface area contributed by atoms with Gasteiger partial charge in [-0.3, -0.25) is 4.79 Å². The molecule has 1 saturated carbocycles. The van der Waals surface area contributed by atoms with Crippen LogP contribution in [0.2, 0.25) is 0 Å². The van der Waals surface area contributed by atoms with Crippen molar-refractivity contribution in [2.24, 2.45) is 11.3 Å². The highest BCUT2D eigenvalue weighted by Crippen LogP contribution is 2.30. The Labute approximate surface area is 125 Å². The van der Waals surface area contributed by atoms with E-state index in [1.54, 1.807) is 4.68 Å². The van der Waals surface area contributed by atoms with E-state index in [1.165, 1.54) is 32.1 Å². The number of carboxylic acids is 1. The van der Waals surface area contributed by atoms with Crippen molar-refractivity contribution in [2.75, 3.05) is 0 Å². The summed E-state index contributed by atoms with van der Waals surface area (Å²) in [6.45, 7) is 4.20. The SMILES string of the molecule is CCC(CC)(Cn1nnnc1CC1CCCCC1)C(=O)O. The van der Waals surface area contributed by atoms with Crippen LogP contribution in [-0.4, -0.2) is 31.3 Å². The van der Waals surface area contributed by atoms with Gasteiger partial charge < -0.3 is 5.11 Å². The Balaban J connectivity index is 2.10. The van der Waals surface area contributed by atoms with Gasteiger partial charge in [0.15, 0.2) is 5.82 Å². The van der Waals surface area contributed by atoms with Crippen molar-refractivity contribution in [3.05, 3.63) is 5.82 Å². The minimum absolute atomic E-state index is 0.365. The number of hydrogen-bond acceptors (Lipinski definition) is 4. The molecule has 0 bridgehead atoms. The molecule has 6 nitrogen and oxygen atoms in total. The first-order chi connectivity index (χ1) is 10.1. The Hall–Kier alpha value is -1.46. The number of carboxylic acid groups (broad SMARTS) is 1. The van der Waals surface area contributed by atoms with E-state index in [1.807, 2.05) is 13.8 Å². The molecule has 2 rings (SSSR count). The van der Waals surface area contributed by atoms with Crippen LogP contribution in [0.4, 0.5) is 0 Å². The first-order valence-corrected chi connectivity index (χ1v) is 8.09. The lowest BCUT2D eigenvalue weighted by Gasteiger charge is -2.27. The maximum absolute atomic E-state index is 11.6. The summed E-state index contributed by atoms with van der Waals surface area (Å²) in [6.07, 6.45) is 8.41. The predicted molar refractivity (Wildman–Crippen MR) is 78.7 cm³/mol. The Kier molecular flexibility index (Phi) is 5.31. The summed E-state index contributed by atoms with van der Waals surface area (Å²) in [5.74, 6) is 0.729. The summed E-state index contributed by atoms with van der Waals surface area (Å²) in [5.41, 5.74) is -0.767. The smallest absolute Gasteiger partial charge is 0.311 e. The molecular weight excluding hydrogens is 268 g/mol. The lowest BCUT2D eigenvalue weighted by Crippen LogP contribution is -2.35. The van der Waals surface area contributed by atoms with E-state index in [0.717, 1.165) is 12.2 Å². The van der Waals surface area contributed by atoms with Crippen molar-refractivity contribution in [3.63, 3.8) is 0 Å². The summed E-state index contributed by atoms with van der Waals surface area (Å²) in [7, 11) is 0. The van der Waals surface area contributed by atoms with E-state index in [2.05, 4.69) is 15.5 Å². The number of nitrogens with zero attached hydrogens (tertiary/aromatic N) is 4. The third kappa shape index (κ3) is 3.60. The summed E-state index contributed by atoms with van der Waals surface area (Å²) < 4.78 is 1.72. The van der Waals surface area contributed by atoms with Crippen LogP contribution >= 0.6 is 0 Å². The summed E-state index contributed by atoms with van der Waals surface area (Å²) in [5, 5.41) is 21.5. The lowest BCUT2D eigenvalue weighted by atomic mass is 9.82. The molecule has 0 saturated heterocycles. The highest BCUT2D eigenvalue weighted by molar-refractivity contribution is 5.74. The molecule has 0 aromatic carbocycles. The standard InChI is InChI=1S/C15H26N4O2/c1-3-15(4-2,14(20)21)11-19-13(16-17-18-19)10-12-8-6-5-7-9-12/h12H,3-11H2,1-2H3,(H,20,21). The molecule has 0 radical (unpaired) electrons. The Bertz CT molecular complexity index is 462. The molecule has 0 atom stereocenters. The van der Waals surface area contributed by atoms with E-state index >= 15 is 0 Å². The molecule has 0 spiro atoms. The fourth-order valence-electron chi connectivity index (χ4n) is 3.27. The van der Waals surface area contributed by atoms with Gasteiger partial charge in [0.05, 0.1) is 12.0 Å². The van der Waals surface area contributed by atoms with Crippen LogP contribution in [0.3, 0.4) is 0 Å². The molecule has 118 valence electrons. The molecule has 1 N–H and O–H groups in total.